The van der Waals surface area contributed by atoms with E-state index in [0.717, 1.165) is 29.0 Å². The smallest absolute Gasteiger partial charge is 0.258 e. The summed E-state index contributed by atoms with van der Waals surface area (Å²) in [6, 6.07) is 13.8. The number of ether oxygens (including phenoxy) is 1. The molecule has 0 atom stereocenters. The van der Waals surface area contributed by atoms with Crippen LogP contribution >= 0.6 is 0 Å². The number of aromatic nitrogens is 2. The van der Waals surface area contributed by atoms with Gasteiger partial charge in [-0.25, -0.2) is 9.97 Å². The van der Waals surface area contributed by atoms with Crippen molar-refractivity contribution in [1.29, 1.82) is 0 Å². The van der Waals surface area contributed by atoms with Gasteiger partial charge in [-0.2, -0.15) is 0 Å². The Morgan fingerprint density at radius 1 is 1.00 bits per heavy atom. The average molecular weight is 376 g/mol. The van der Waals surface area contributed by atoms with Crippen molar-refractivity contribution in [3.63, 3.8) is 0 Å². The van der Waals surface area contributed by atoms with Gasteiger partial charge in [0.25, 0.3) is 5.91 Å². The minimum Gasteiger partial charge on any atom is -0.497 e. The third-order valence-electron chi connectivity index (χ3n) is 4.49. The van der Waals surface area contributed by atoms with Crippen molar-refractivity contribution in [3.05, 3.63) is 77.1 Å². The molecule has 0 radical (unpaired) electrons. The first kappa shape index (κ1) is 19.4. The highest BCUT2D eigenvalue weighted by Gasteiger charge is 2.10. The van der Waals surface area contributed by atoms with Gasteiger partial charge >= 0.3 is 0 Å². The second-order valence-electron chi connectivity index (χ2n) is 6.54. The SMILES string of the molecule is COc1ccc(CCNc2ncc(C(=O)Nc3c(C)cccc3C)cn2)cc1. The number of nitrogens with zero attached hydrogens (tertiary/aromatic N) is 2. The average Bonchev–Trinajstić information content (AvgIpc) is 2.72. The number of hydrogen-bond acceptors (Lipinski definition) is 5. The molecule has 0 spiro atoms. The van der Waals surface area contributed by atoms with Crippen LogP contribution in [0.1, 0.15) is 27.0 Å². The number of anilines is 2. The molecule has 144 valence electrons. The van der Waals surface area contributed by atoms with E-state index in [9.17, 15) is 4.79 Å². The first-order valence-corrected chi connectivity index (χ1v) is 9.13. The molecule has 3 rings (SSSR count). The lowest BCUT2D eigenvalue weighted by atomic mass is 10.1. The lowest BCUT2D eigenvalue weighted by Crippen LogP contribution is -2.15. The molecule has 1 amide bonds. The molecule has 0 aliphatic rings. The van der Waals surface area contributed by atoms with Gasteiger partial charge in [0.05, 0.1) is 12.7 Å². The van der Waals surface area contributed by atoms with Crippen LogP contribution in [0.15, 0.2) is 54.9 Å². The van der Waals surface area contributed by atoms with E-state index in [0.29, 0.717) is 18.1 Å². The van der Waals surface area contributed by atoms with E-state index in [1.54, 1.807) is 7.11 Å². The van der Waals surface area contributed by atoms with Gasteiger partial charge in [-0.3, -0.25) is 4.79 Å². The predicted octanol–water partition coefficient (Wildman–Crippen LogP) is 4.01. The zero-order chi connectivity index (χ0) is 19.9. The zero-order valence-corrected chi connectivity index (χ0v) is 16.3. The van der Waals surface area contributed by atoms with Crippen molar-refractivity contribution in [1.82, 2.24) is 9.97 Å². The van der Waals surface area contributed by atoms with Gasteiger partial charge in [-0.15, -0.1) is 0 Å². The number of nitrogens with one attached hydrogen (secondary N) is 2. The zero-order valence-electron chi connectivity index (χ0n) is 16.3. The molecule has 0 saturated carbocycles. The second-order valence-corrected chi connectivity index (χ2v) is 6.54. The Balaban J connectivity index is 1.54. The number of rotatable bonds is 7. The number of amides is 1. The Morgan fingerprint density at radius 2 is 1.64 bits per heavy atom. The Hall–Kier alpha value is -3.41. The fraction of sp³-hybridized carbons (Fsp3) is 0.227. The standard InChI is InChI=1S/C22H24N4O2/c1-15-5-4-6-16(2)20(15)26-21(27)18-13-24-22(25-14-18)23-12-11-17-7-9-19(28-3)10-8-17/h4-10,13-14H,11-12H2,1-3H3,(H,26,27)(H,23,24,25). The van der Waals surface area contributed by atoms with Crippen LogP contribution in [0.4, 0.5) is 11.6 Å². The Labute approximate surface area is 165 Å². The van der Waals surface area contributed by atoms with E-state index in [1.807, 2.05) is 56.3 Å². The number of methoxy groups -OCH3 is 1. The number of carbonyl (C=O) groups excluding carboxylic acids is 1. The third-order valence-corrected chi connectivity index (χ3v) is 4.49. The van der Waals surface area contributed by atoms with E-state index in [2.05, 4.69) is 20.6 Å². The molecule has 2 aromatic carbocycles. The minimum atomic E-state index is -0.220. The van der Waals surface area contributed by atoms with Crippen molar-refractivity contribution in [3.8, 4) is 5.75 Å². The van der Waals surface area contributed by atoms with Crippen LogP contribution in [0.2, 0.25) is 0 Å². The molecule has 2 N–H and O–H groups in total. The normalized spacial score (nSPS) is 10.4. The lowest BCUT2D eigenvalue weighted by molar-refractivity contribution is 0.102. The molecule has 6 nitrogen and oxygen atoms in total. The highest BCUT2D eigenvalue weighted by Crippen LogP contribution is 2.20. The monoisotopic (exact) mass is 376 g/mol. The molecule has 0 aliphatic carbocycles. The number of benzene rings is 2. The second kappa shape index (κ2) is 8.99. The maximum absolute atomic E-state index is 12.5. The van der Waals surface area contributed by atoms with Crippen LogP contribution in [0.5, 0.6) is 5.75 Å². The first-order chi connectivity index (χ1) is 13.6. The van der Waals surface area contributed by atoms with Crippen molar-refractivity contribution in [2.75, 3.05) is 24.3 Å². The van der Waals surface area contributed by atoms with E-state index >= 15 is 0 Å². The van der Waals surface area contributed by atoms with Gasteiger partial charge in [-0.05, 0) is 49.1 Å². The topological polar surface area (TPSA) is 76.1 Å². The molecule has 0 fully saturated rings. The molecular weight excluding hydrogens is 352 g/mol. The van der Waals surface area contributed by atoms with E-state index in [-0.39, 0.29) is 5.91 Å². The Kier molecular flexibility index (Phi) is 6.22. The van der Waals surface area contributed by atoms with Crippen LogP contribution < -0.4 is 15.4 Å². The quantitative estimate of drug-likeness (QED) is 0.652. The highest BCUT2D eigenvalue weighted by atomic mass is 16.5. The van der Waals surface area contributed by atoms with E-state index in [1.165, 1.54) is 18.0 Å². The maximum Gasteiger partial charge on any atom is 0.258 e. The fourth-order valence-corrected chi connectivity index (χ4v) is 2.84. The van der Waals surface area contributed by atoms with Crippen molar-refractivity contribution >= 4 is 17.5 Å². The summed E-state index contributed by atoms with van der Waals surface area (Å²) in [5.41, 5.74) is 4.48. The minimum absolute atomic E-state index is 0.220. The molecule has 0 saturated heterocycles. The molecule has 0 unspecified atom stereocenters. The molecule has 0 bridgehead atoms. The molecule has 1 heterocycles. The summed E-state index contributed by atoms with van der Waals surface area (Å²) in [6.45, 7) is 4.63. The molecule has 3 aromatic rings. The van der Waals surface area contributed by atoms with Crippen LogP contribution in [-0.2, 0) is 6.42 Å². The summed E-state index contributed by atoms with van der Waals surface area (Å²) in [6.07, 6.45) is 3.90. The van der Waals surface area contributed by atoms with Gasteiger partial charge in [0.15, 0.2) is 0 Å². The van der Waals surface area contributed by atoms with E-state index < -0.39 is 0 Å². The largest absolute Gasteiger partial charge is 0.497 e. The fourth-order valence-electron chi connectivity index (χ4n) is 2.84. The summed E-state index contributed by atoms with van der Waals surface area (Å²) in [5.74, 6) is 1.12. The molecular formula is C22H24N4O2. The summed E-state index contributed by atoms with van der Waals surface area (Å²) in [4.78, 5) is 20.9. The summed E-state index contributed by atoms with van der Waals surface area (Å²) < 4.78 is 5.16. The van der Waals surface area contributed by atoms with Crippen molar-refractivity contribution in [2.45, 2.75) is 20.3 Å². The molecule has 0 aliphatic heterocycles. The van der Waals surface area contributed by atoms with Crippen LogP contribution in [0.3, 0.4) is 0 Å². The maximum atomic E-state index is 12.5. The number of para-hydroxylation sites is 1. The summed E-state index contributed by atoms with van der Waals surface area (Å²) in [7, 11) is 1.65. The van der Waals surface area contributed by atoms with Gasteiger partial charge in [0.1, 0.15) is 5.75 Å². The van der Waals surface area contributed by atoms with Gasteiger partial charge < -0.3 is 15.4 Å². The number of carbonyl (C=O) groups is 1. The van der Waals surface area contributed by atoms with Crippen molar-refractivity contribution < 1.29 is 9.53 Å². The highest BCUT2D eigenvalue weighted by molar-refractivity contribution is 6.04. The van der Waals surface area contributed by atoms with Crippen molar-refractivity contribution in [2.24, 2.45) is 0 Å². The number of hydrogen-bond donors (Lipinski definition) is 2. The summed E-state index contributed by atoms with van der Waals surface area (Å²) >= 11 is 0. The van der Waals surface area contributed by atoms with E-state index in [4.69, 9.17) is 4.74 Å². The molecule has 1 aromatic heterocycles. The third kappa shape index (κ3) is 4.85. The van der Waals surface area contributed by atoms with Crippen LogP contribution in [0.25, 0.3) is 0 Å². The lowest BCUT2D eigenvalue weighted by Gasteiger charge is -2.11. The predicted molar refractivity (Wildman–Crippen MR) is 111 cm³/mol. The molecule has 6 heteroatoms. The van der Waals surface area contributed by atoms with Gasteiger partial charge in [0.2, 0.25) is 5.95 Å². The Morgan fingerprint density at radius 3 is 2.25 bits per heavy atom. The van der Waals surface area contributed by atoms with Crippen LogP contribution in [0, 0.1) is 13.8 Å². The van der Waals surface area contributed by atoms with Crippen LogP contribution in [-0.4, -0.2) is 29.5 Å². The van der Waals surface area contributed by atoms with Gasteiger partial charge in [-0.1, -0.05) is 30.3 Å². The number of aryl methyl sites for hydroxylation is 2. The first-order valence-electron chi connectivity index (χ1n) is 9.13. The molecule has 28 heavy (non-hydrogen) atoms. The summed E-state index contributed by atoms with van der Waals surface area (Å²) in [5, 5.41) is 6.11. The Bertz CT molecular complexity index is 918. The van der Waals surface area contributed by atoms with Gasteiger partial charge in [0, 0.05) is 24.6 Å².